The third-order valence-corrected chi connectivity index (χ3v) is 4.74. The molecule has 1 fully saturated rings. The van der Waals surface area contributed by atoms with Crippen molar-refractivity contribution in [2.24, 2.45) is 0 Å². The Kier molecular flexibility index (Phi) is 5.90. The first-order valence-corrected chi connectivity index (χ1v) is 8.55. The van der Waals surface area contributed by atoms with Gasteiger partial charge in [-0.15, -0.1) is 0 Å². The first-order chi connectivity index (χ1) is 12.5. The standard InChI is InChI=1S/C20H24O6/c1-25-15-7-5-12(6-8-15)9-13-3-2-4-14(10-13)20-19(24)18(23)17(22)16(11-21)26-20/h2-8,10,16-24H,9,11H2,1H3. The van der Waals surface area contributed by atoms with E-state index in [4.69, 9.17) is 9.47 Å². The van der Waals surface area contributed by atoms with Gasteiger partial charge in [-0.2, -0.15) is 0 Å². The summed E-state index contributed by atoms with van der Waals surface area (Å²) in [6.07, 6.45) is -5.05. The van der Waals surface area contributed by atoms with Gasteiger partial charge in [-0.1, -0.05) is 36.4 Å². The van der Waals surface area contributed by atoms with E-state index in [1.807, 2.05) is 42.5 Å². The predicted octanol–water partition coefficient (Wildman–Crippen LogP) is 0.801. The van der Waals surface area contributed by atoms with Crippen molar-refractivity contribution in [2.75, 3.05) is 13.7 Å². The van der Waals surface area contributed by atoms with Crippen LogP contribution in [0.3, 0.4) is 0 Å². The van der Waals surface area contributed by atoms with Crippen LogP contribution in [0.15, 0.2) is 48.5 Å². The van der Waals surface area contributed by atoms with Gasteiger partial charge in [-0.25, -0.2) is 0 Å². The molecular weight excluding hydrogens is 336 g/mol. The van der Waals surface area contributed by atoms with Crippen LogP contribution in [0, 0.1) is 0 Å². The van der Waals surface area contributed by atoms with Crippen molar-refractivity contribution >= 4 is 0 Å². The Balaban J connectivity index is 1.79. The summed E-state index contributed by atoms with van der Waals surface area (Å²) in [7, 11) is 1.62. The third kappa shape index (κ3) is 3.90. The Morgan fingerprint density at radius 3 is 2.31 bits per heavy atom. The van der Waals surface area contributed by atoms with Crippen molar-refractivity contribution in [1.82, 2.24) is 0 Å². The minimum absolute atomic E-state index is 0.438. The number of hydrogen-bond donors (Lipinski definition) is 4. The lowest BCUT2D eigenvalue weighted by Crippen LogP contribution is -2.55. The van der Waals surface area contributed by atoms with Gasteiger partial charge in [0.15, 0.2) is 0 Å². The number of benzene rings is 2. The molecule has 5 unspecified atom stereocenters. The molecule has 0 aromatic heterocycles. The van der Waals surface area contributed by atoms with Gasteiger partial charge in [0, 0.05) is 0 Å². The Hall–Kier alpha value is -1.96. The SMILES string of the molecule is COc1ccc(Cc2cccc(C3OC(CO)C(O)C(O)C3O)c2)cc1. The summed E-state index contributed by atoms with van der Waals surface area (Å²) >= 11 is 0. The lowest BCUT2D eigenvalue weighted by Gasteiger charge is -2.40. The highest BCUT2D eigenvalue weighted by Crippen LogP contribution is 2.33. The normalized spacial score (nSPS) is 28.7. The minimum atomic E-state index is -1.38. The first kappa shape index (κ1) is 18.8. The summed E-state index contributed by atoms with van der Waals surface area (Å²) in [5, 5.41) is 39.5. The van der Waals surface area contributed by atoms with Crippen molar-refractivity contribution in [3.8, 4) is 5.75 Å². The van der Waals surface area contributed by atoms with E-state index >= 15 is 0 Å². The zero-order chi connectivity index (χ0) is 18.7. The molecule has 1 aliphatic rings. The Bertz CT molecular complexity index is 714. The highest BCUT2D eigenvalue weighted by molar-refractivity contribution is 5.34. The number of aliphatic hydroxyl groups excluding tert-OH is 4. The predicted molar refractivity (Wildman–Crippen MR) is 95.0 cm³/mol. The van der Waals surface area contributed by atoms with Gasteiger partial charge in [0.25, 0.3) is 0 Å². The Morgan fingerprint density at radius 2 is 1.65 bits per heavy atom. The van der Waals surface area contributed by atoms with Crippen molar-refractivity contribution < 1.29 is 29.9 Å². The summed E-state index contributed by atoms with van der Waals surface area (Å²) in [4.78, 5) is 0. The molecule has 3 rings (SSSR count). The van der Waals surface area contributed by atoms with Gasteiger partial charge in [-0.3, -0.25) is 0 Å². The smallest absolute Gasteiger partial charge is 0.118 e. The molecule has 0 amide bonds. The molecule has 0 saturated carbocycles. The monoisotopic (exact) mass is 360 g/mol. The van der Waals surface area contributed by atoms with E-state index in [0.717, 1.165) is 16.9 Å². The largest absolute Gasteiger partial charge is 0.497 e. The number of hydrogen-bond acceptors (Lipinski definition) is 6. The van der Waals surface area contributed by atoms with Gasteiger partial charge in [-0.05, 0) is 35.2 Å². The number of aliphatic hydroxyl groups is 4. The minimum Gasteiger partial charge on any atom is -0.497 e. The molecule has 4 N–H and O–H groups in total. The van der Waals surface area contributed by atoms with Crippen LogP contribution >= 0.6 is 0 Å². The van der Waals surface area contributed by atoms with Gasteiger partial charge in [0.05, 0.1) is 13.7 Å². The summed E-state index contributed by atoms with van der Waals surface area (Å²) in [6, 6.07) is 15.3. The van der Waals surface area contributed by atoms with Crippen LogP contribution in [0.1, 0.15) is 22.8 Å². The van der Waals surface area contributed by atoms with E-state index < -0.39 is 37.1 Å². The van der Waals surface area contributed by atoms with Crippen molar-refractivity contribution in [3.63, 3.8) is 0 Å². The van der Waals surface area contributed by atoms with E-state index in [2.05, 4.69) is 0 Å². The summed E-state index contributed by atoms with van der Waals surface area (Å²) < 4.78 is 10.8. The molecule has 5 atom stereocenters. The molecule has 1 saturated heterocycles. The summed E-state index contributed by atoms with van der Waals surface area (Å²) in [6.45, 7) is -0.438. The molecular formula is C20H24O6. The average Bonchev–Trinajstić information content (AvgIpc) is 2.67. The average molecular weight is 360 g/mol. The molecule has 0 radical (unpaired) electrons. The van der Waals surface area contributed by atoms with Gasteiger partial charge >= 0.3 is 0 Å². The maximum atomic E-state index is 10.3. The number of rotatable bonds is 5. The lowest BCUT2D eigenvalue weighted by molar-refractivity contribution is -0.231. The Labute approximate surface area is 152 Å². The molecule has 6 nitrogen and oxygen atoms in total. The van der Waals surface area contributed by atoms with E-state index in [0.29, 0.717) is 12.0 Å². The van der Waals surface area contributed by atoms with Gasteiger partial charge in [0.2, 0.25) is 0 Å². The van der Waals surface area contributed by atoms with Crippen LogP contribution in [0.2, 0.25) is 0 Å². The van der Waals surface area contributed by atoms with Crippen LogP contribution in [0.25, 0.3) is 0 Å². The lowest BCUT2D eigenvalue weighted by atomic mass is 9.90. The van der Waals surface area contributed by atoms with E-state index in [9.17, 15) is 20.4 Å². The van der Waals surface area contributed by atoms with Crippen LogP contribution in [0.4, 0.5) is 0 Å². The Morgan fingerprint density at radius 1 is 0.923 bits per heavy atom. The fourth-order valence-corrected chi connectivity index (χ4v) is 3.24. The second-order valence-electron chi connectivity index (χ2n) is 6.52. The van der Waals surface area contributed by atoms with Gasteiger partial charge < -0.3 is 29.9 Å². The van der Waals surface area contributed by atoms with Crippen LogP contribution in [-0.4, -0.2) is 58.6 Å². The fraction of sp³-hybridized carbons (Fsp3) is 0.400. The molecule has 2 aromatic carbocycles. The van der Waals surface area contributed by atoms with E-state index in [1.165, 1.54) is 0 Å². The maximum Gasteiger partial charge on any atom is 0.118 e. The second-order valence-corrected chi connectivity index (χ2v) is 6.52. The fourth-order valence-electron chi connectivity index (χ4n) is 3.24. The molecule has 0 spiro atoms. The highest BCUT2D eigenvalue weighted by Gasteiger charge is 2.43. The molecule has 6 heteroatoms. The number of methoxy groups -OCH3 is 1. The van der Waals surface area contributed by atoms with Gasteiger partial charge in [0.1, 0.15) is 36.3 Å². The molecule has 26 heavy (non-hydrogen) atoms. The van der Waals surface area contributed by atoms with Crippen molar-refractivity contribution in [3.05, 3.63) is 65.2 Å². The summed E-state index contributed by atoms with van der Waals surface area (Å²) in [5.41, 5.74) is 2.81. The second kappa shape index (κ2) is 8.16. The molecule has 1 aliphatic heterocycles. The van der Waals surface area contributed by atoms with E-state index in [-0.39, 0.29) is 0 Å². The van der Waals surface area contributed by atoms with Crippen LogP contribution in [0.5, 0.6) is 5.75 Å². The van der Waals surface area contributed by atoms with E-state index in [1.54, 1.807) is 13.2 Å². The first-order valence-electron chi connectivity index (χ1n) is 8.55. The van der Waals surface area contributed by atoms with Crippen molar-refractivity contribution in [2.45, 2.75) is 36.9 Å². The molecule has 1 heterocycles. The zero-order valence-electron chi connectivity index (χ0n) is 14.5. The molecule has 0 aliphatic carbocycles. The zero-order valence-corrected chi connectivity index (χ0v) is 14.5. The maximum absolute atomic E-state index is 10.3. The van der Waals surface area contributed by atoms with Crippen LogP contribution < -0.4 is 4.74 Å². The number of ether oxygens (including phenoxy) is 2. The van der Waals surface area contributed by atoms with Crippen molar-refractivity contribution in [1.29, 1.82) is 0 Å². The molecule has 140 valence electrons. The molecule has 2 aromatic rings. The molecule has 0 bridgehead atoms. The topological polar surface area (TPSA) is 99.4 Å². The quantitative estimate of drug-likeness (QED) is 0.630. The third-order valence-electron chi connectivity index (χ3n) is 4.74. The summed E-state index contributed by atoms with van der Waals surface area (Å²) in [5.74, 6) is 0.795. The van der Waals surface area contributed by atoms with Crippen LogP contribution in [-0.2, 0) is 11.2 Å². The highest BCUT2D eigenvalue weighted by atomic mass is 16.5.